The lowest BCUT2D eigenvalue weighted by Gasteiger charge is -2.24. The highest BCUT2D eigenvalue weighted by Crippen LogP contribution is 2.33. The van der Waals surface area contributed by atoms with E-state index in [0.717, 1.165) is 54.5 Å². The molecule has 0 atom stereocenters. The number of aromatic nitrogens is 3. The van der Waals surface area contributed by atoms with Crippen LogP contribution in [0.25, 0.3) is 5.70 Å². The molecule has 0 aliphatic heterocycles. The van der Waals surface area contributed by atoms with E-state index in [1.807, 2.05) is 13.0 Å². The fourth-order valence-corrected chi connectivity index (χ4v) is 4.55. The van der Waals surface area contributed by atoms with Gasteiger partial charge < -0.3 is 5.73 Å². The summed E-state index contributed by atoms with van der Waals surface area (Å²) in [7, 11) is 0. The third kappa shape index (κ3) is 8.32. The summed E-state index contributed by atoms with van der Waals surface area (Å²) < 4.78 is 79.4. The fourth-order valence-electron chi connectivity index (χ4n) is 4.55. The molecule has 4 rings (SSSR count). The van der Waals surface area contributed by atoms with Gasteiger partial charge in [0.2, 0.25) is 0 Å². The number of allylic oxidation sites excluding steroid dienone is 1. The molecular weight excluding hydrogens is 550 g/mol. The van der Waals surface area contributed by atoms with Crippen LogP contribution >= 0.6 is 0 Å². The first-order valence-electron chi connectivity index (χ1n) is 12.9. The predicted molar refractivity (Wildman–Crippen MR) is 143 cm³/mol. The third-order valence-corrected chi connectivity index (χ3v) is 6.79. The molecule has 13 heteroatoms. The molecule has 2 aromatic heterocycles. The summed E-state index contributed by atoms with van der Waals surface area (Å²) in [6.45, 7) is -0.465. The molecule has 1 saturated carbocycles. The van der Waals surface area contributed by atoms with Crippen molar-refractivity contribution in [2.75, 3.05) is 0 Å². The number of rotatable bonds is 6. The number of nitrogens with zero attached hydrogens (tertiary/aromatic N) is 4. The van der Waals surface area contributed by atoms with Crippen LogP contribution in [0.1, 0.15) is 73.0 Å². The SMILES string of the molecule is C/C(=C(/N)c1cc(C2CCCCC2)c(=O)n(Cc2ncccc2C(F)(F)F)n1)N(N)C(F)F.Cc1cccc(F)c1. The van der Waals surface area contributed by atoms with Crippen molar-refractivity contribution in [1.29, 1.82) is 0 Å². The highest BCUT2D eigenvalue weighted by Gasteiger charge is 2.34. The maximum absolute atomic E-state index is 13.4. The normalized spacial score (nSPS) is 14.8. The van der Waals surface area contributed by atoms with E-state index in [1.54, 1.807) is 6.07 Å². The molecule has 0 spiro atoms. The topological polar surface area (TPSA) is 103 Å². The van der Waals surface area contributed by atoms with Crippen molar-refractivity contribution >= 4 is 5.70 Å². The second-order valence-electron chi connectivity index (χ2n) is 9.76. The third-order valence-electron chi connectivity index (χ3n) is 6.79. The van der Waals surface area contributed by atoms with E-state index in [1.165, 1.54) is 31.3 Å². The van der Waals surface area contributed by atoms with Crippen molar-refractivity contribution in [1.82, 2.24) is 19.8 Å². The zero-order chi connectivity index (χ0) is 30.3. The molecule has 0 radical (unpaired) electrons. The van der Waals surface area contributed by atoms with Crippen LogP contribution in [-0.2, 0) is 12.7 Å². The molecule has 0 bridgehead atoms. The average molecular weight is 583 g/mol. The number of hydrazine groups is 1. The molecule has 0 amide bonds. The molecule has 1 aliphatic carbocycles. The van der Waals surface area contributed by atoms with Crippen LogP contribution in [0.2, 0.25) is 0 Å². The Kier molecular flexibility index (Phi) is 10.5. The van der Waals surface area contributed by atoms with Crippen molar-refractivity contribution in [2.45, 2.75) is 71.1 Å². The smallest absolute Gasteiger partial charge is 0.395 e. The van der Waals surface area contributed by atoms with Crippen LogP contribution in [-0.4, -0.2) is 26.3 Å². The summed E-state index contributed by atoms with van der Waals surface area (Å²) in [6.07, 6.45) is 0.762. The van der Waals surface area contributed by atoms with Gasteiger partial charge in [0.15, 0.2) is 0 Å². The van der Waals surface area contributed by atoms with E-state index < -0.39 is 36.1 Å². The van der Waals surface area contributed by atoms with E-state index >= 15 is 0 Å². The van der Waals surface area contributed by atoms with Gasteiger partial charge in [-0.15, -0.1) is 0 Å². The lowest BCUT2D eigenvalue weighted by molar-refractivity contribution is -0.138. The number of aryl methyl sites for hydroxylation is 1. The molecule has 3 aromatic rings. The molecule has 41 heavy (non-hydrogen) atoms. The second kappa shape index (κ2) is 13.7. The second-order valence-corrected chi connectivity index (χ2v) is 9.76. The summed E-state index contributed by atoms with van der Waals surface area (Å²) in [5, 5.41) is 4.26. The van der Waals surface area contributed by atoms with Gasteiger partial charge in [0, 0.05) is 11.8 Å². The van der Waals surface area contributed by atoms with Crippen molar-refractivity contribution in [3.8, 4) is 0 Å². The lowest BCUT2D eigenvalue weighted by atomic mass is 9.84. The van der Waals surface area contributed by atoms with Gasteiger partial charge in [-0.3, -0.25) is 14.8 Å². The first kappa shape index (κ1) is 31.7. The summed E-state index contributed by atoms with van der Waals surface area (Å²) in [6, 6.07) is 9.94. The Bertz CT molecular complexity index is 1400. The summed E-state index contributed by atoms with van der Waals surface area (Å²) in [4.78, 5) is 17.0. The van der Waals surface area contributed by atoms with E-state index in [4.69, 9.17) is 11.6 Å². The zero-order valence-electron chi connectivity index (χ0n) is 22.6. The Morgan fingerprint density at radius 1 is 1.12 bits per heavy atom. The Balaban J connectivity index is 0.000000496. The largest absolute Gasteiger partial charge is 0.418 e. The minimum absolute atomic E-state index is 0.0201. The minimum atomic E-state index is -4.68. The number of hydrogen-bond acceptors (Lipinski definition) is 6. The zero-order valence-corrected chi connectivity index (χ0v) is 22.6. The van der Waals surface area contributed by atoms with E-state index in [9.17, 15) is 31.1 Å². The fraction of sp³-hybridized carbons (Fsp3) is 0.393. The number of alkyl halides is 5. The first-order valence-corrected chi connectivity index (χ1v) is 12.9. The van der Waals surface area contributed by atoms with Crippen LogP contribution < -0.4 is 17.1 Å². The molecule has 1 fully saturated rings. The molecule has 7 nitrogen and oxygen atoms in total. The van der Waals surface area contributed by atoms with Crippen LogP contribution in [0, 0.1) is 12.7 Å². The van der Waals surface area contributed by atoms with Crippen LogP contribution in [0.4, 0.5) is 26.3 Å². The molecule has 1 aliphatic rings. The van der Waals surface area contributed by atoms with Gasteiger partial charge in [-0.2, -0.15) is 27.1 Å². The number of hydrogen-bond donors (Lipinski definition) is 2. The van der Waals surface area contributed by atoms with Crippen LogP contribution in [0.15, 0.2) is 59.2 Å². The summed E-state index contributed by atoms with van der Waals surface area (Å²) in [5.74, 6) is 5.05. The molecule has 222 valence electrons. The van der Waals surface area contributed by atoms with Gasteiger partial charge in [-0.1, -0.05) is 31.4 Å². The van der Waals surface area contributed by atoms with Gasteiger partial charge in [0.1, 0.15) is 11.5 Å². The maximum atomic E-state index is 13.4. The lowest BCUT2D eigenvalue weighted by Crippen LogP contribution is -2.36. The Morgan fingerprint density at radius 2 is 1.80 bits per heavy atom. The molecule has 0 saturated heterocycles. The Morgan fingerprint density at radius 3 is 2.37 bits per heavy atom. The van der Waals surface area contributed by atoms with Crippen LogP contribution in [0.3, 0.4) is 0 Å². The summed E-state index contributed by atoms with van der Waals surface area (Å²) in [5.41, 5.74) is 4.97. The van der Waals surface area contributed by atoms with Gasteiger partial charge in [-0.25, -0.2) is 14.9 Å². The minimum Gasteiger partial charge on any atom is -0.395 e. The van der Waals surface area contributed by atoms with E-state index in [-0.39, 0.29) is 33.8 Å². The van der Waals surface area contributed by atoms with Gasteiger partial charge >= 0.3 is 12.7 Å². The molecule has 2 heterocycles. The number of nitrogens with two attached hydrogens (primary N) is 2. The Labute approximate surface area is 233 Å². The Hall–Kier alpha value is -3.87. The van der Waals surface area contributed by atoms with Crippen molar-refractivity contribution in [3.63, 3.8) is 0 Å². The van der Waals surface area contributed by atoms with Crippen molar-refractivity contribution in [3.05, 3.63) is 98.6 Å². The van der Waals surface area contributed by atoms with E-state index in [2.05, 4.69) is 10.1 Å². The molecular formula is C28H32F6N6O. The number of pyridine rings is 1. The van der Waals surface area contributed by atoms with Gasteiger partial charge in [0.25, 0.3) is 5.56 Å². The quantitative estimate of drug-likeness (QED) is 0.162. The van der Waals surface area contributed by atoms with Crippen LogP contribution in [0.5, 0.6) is 0 Å². The van der Waals surface area contributed by atoms with E-state index in [0.29, 0.717) is 5.56 Å². The molecule has 0 unspecified atom stereocenters. The van der Waals surface area contributed by atoms with Gasteiger partial charge in [-0.05, 0) is 68.5 Å². The highest BCUT2D eigenvalue weighted by atomic mass is 19.4. The first-order chi connectivity index (χ1) is 19.3. The standard InChI is InChI=1S/C21H25F5N6O.C7H7F/c1-12(32(28)20(22)23)18(27)16-10-14(13-6-3-2-4-7-13)19(33)31(30-16)11-17-15(21(24,25)26)8-5-9-29-17;1-6-3-2-4-7(8)5-6/h5,8-10,13,20H,2-4,6-7,11,27-28H2,1H3;2-5H,1H3/b18-12-;. The van der Waals surface area contributed by atoms with Crippen molar-refractivity contribution in [2.24, 2.45) is 11.6 Å². The average Bonchev–Trinajstić information content (AvgIpc) is 2.93. The monoisotopic (exact) mass is 582 g/mol. The maximum Gasteiger partial charge on any atom is 0.418 e. The molecule has 4 N–H and O–H groups in total. The molecule has 1 aromatic carbocycles. The number of benzene rings is 1. The van der Waals surface area contributed by atoms with Gasteiger partial charge in [0.05, 0.1) is 29.2 Å². The summed E-state index contributed by atoms with van der Waals surface area (Å²) >= 11 is 0. The van der Waals surface area contributed by atoms with Crippen molar-refractivity contribution < 1.29 is 26.3 Å². The number of halogens is 6. The predicted octanol–water partition coefficient (Wildman–Crippen LogP) is 5.93. The highest BCUT2D eigenvalue weighted by molar-refractivity contribution is 5.62.